The molecule has 0 bridgehead atoms. The van der Waals surface area contributed by atoms with E-state index in [1.807, 2.05) is 30.3 Å². The van der Waals surface area contributed by atoms with Crippen molar-refractivity contribution in [3.05, 3.63) is 65.7 Å². The summed E-state index contributed by atoms with van der Waals surface area (Å²) in [4.78, 5) is 12.2. The van der Waals surface area contributed by atoms with Crippen LogP contribution in [-0.2, 0) is 20.0 Å². The predicted molar refractivity (Wildman–Crippen MR) is 142 cm³/mol. The molecule has 6 nitrogen and oxygen atoms in total. The minimum absolute atomic E-state index is 0.0693. The molecular weight excluding hydrogens is 456 g/mol. The van der Waals surface area contributed by atoms with E-state index in [1.54, 1.807) is 14.2 Å². The monoisotopic (exact) mass is 500 g/mol. The molecule has 0 saturated heterocycles. The highest BCUT2D eigenvalue weighted by atomic mass is 16.7. The van der Waals surface area contributed by atoms with E-state index in [2.05, 4.69) is 6.92 Å². The van der Waals surface area contributed by atoms with Crippen molar-refractivity contribution in [2.45, 2.75) is 83.0 Å². The van der Waals surface area contributed by atoms with E-state index in [4.69, 9.17) is 14.2 Å². The van der Waals surface area contributed by atoms with Crippen LogP contribution in [-0.4, -0.2) is 43.1 Å². The molecule has 36 heavy (non-hydrogen) atoms. The van der Waals surface area contributed by atoms with E-state index >= 15 is 0 Å². The molecule has 0 aromatic heterocycles. The zero-order valence-electron chi connectivity index (χ0n) is 22.2. The highest BCUT2D eigenvalue weighted by molar-refractivity contribution is 5.89. The first-order valence-corrected chi connectivity index (χ1v) is 13.3. The summed E-state index contributed by atoms with van der Waals surface area (Å²) in [7, 11) is 3.39. The Balaban J connectivity index is 1.94. The number of unbranched alkanes of at least 4 members (excludes halogenated alkanes) is 5. The molecule has 0 heterocycles. The Bertz CT molecular complexity index is 848. The van der Waals surface area contributed by atoms with Crippen LogP contribution in [0, 0.1) is 5.92 Å². The number of hydrogen-bond acceptors (Lipinski definition) is 6. The largest absolute Gasteiger partial charge is 0.508 e. The number of phenols is 1. The van der Waals surface area contributed by atoms with Gasteiger partial charge in [0.15, 0.2) is 5.79 Å². The van der Waals surface area contributed by atoms with Crippen LogP contribution in [0.4, 0.5) is 0 Å². The molecule has 2 aromatic rings. The standard InChI is InChI=1S/C30H44O6/c1-4-5-6-7-8-10-14-26(30(34-2,35-3)25-15-11-9-12-16-25)17-13-18-28(32)23-36-29(33)24-19-21-27(31)22-20-24/h9,11-12,15-16,19-22,26,28,31-32H,4-8,10,13-14,17-18,23H2,1-3H3. The van der Waals surface area contributed by atoms with Gasteiger partial charge in [0.25, 0.3) is 0 Å². The van der Waals surface area contributed by atoms with Gasteiger partial charge >= 0.3 is 5.97 Å². The molecule has 2 rings (SSSR count). The Morgan fingerprint density at radius 2 is 1.44 bits per heavy atom. The molecule has 0 amide bonds. The van der Waals surface area contributed by atoms with Crippen LogP contribution in [0.3, 0.4) is 0 Å². The fraction of sp³-hybridized carbons (Fsp3) is 0.567. The molecule has 6 heteroatoms. The lowest BCUT2D eigenvalue weighted by atomic mass is 9.83. The molecule has 0 aliphatic heterocycles. The van der Waals surface area contributed by atoms with Gasteiger partial charge in [0.1, 0.15) is 12.4 Å². The summed E-state index contributed by atoms with van der Waals surface area (Å²) in [6.07, 6.45) is 9.60. The van der Waals surface area contributed by atoms with Gasteiger partial charge in [-0.25, -0.2) is 4.79 Å². The molecule has 200 valence electrons. The number of methoxy groups -OCH3 is 2. The zero-order valence-corrected chi connectivity index (χ0v) is 22.2. The maximum Gasteiger partial charge on any atom is 0.338 e. The molecular formula is C30H44O6. The lowest BCUT2D eigenvalue weighted by molar-refractivity contribution is -0.253. The van der Waals surface area contributed by atoms with Crippen molar-refractivity contribution in [1.82, 2.24) is 0 Å². The SMILES string of the molecule is CCCCCCCCC(CCCC(O)COC(=O)c1ccc(O)cc1)C(OC)(OC)c1ccccc1. The average Bonchev–Trinajstić information content (AvgIpc) is 2.91. The van der Waals surface area contributed by atoms with Gasteiger partial charge in [-0.3, -0.25) is 0 Å². The first-order valence-electron chi connectivity index (χ1n) is 13.3. The van der Waals surface area contributed by atoms with Crippen molar-refractivity contribution in [2.24, 2.45) is 5.92 Å². The van der Waals surface area contributed by atoms with Gasteiger partial charge in [-0.15, -0.1) is 0 Å². The van der Waals surface area contributed by atoms with Crippen LogP contribution in [0.15, 0.2) is 54.6 Å². The molecule has 0 aliphatic rings. The van der Waals surface area contributed by atoms with Crippen LogP contribution >= 0.6 is 0 Å². The lowest BCUT2D eigenvalue weighted by Gasteiger charge is -2.39. The van der Waals surface area contributed by atoms with Crippen molar-refractivity contribution in [3.63, 3.8) is 0 Å². The number of aliphatic hydroxyl groups is 1. The Labute approximate surface area is 216 Å². The summed E-state index contributed by atoms with van der Waals surface area (Å²) in [5, 5.41) is 19.8. The molecule has 0 radical (unpaired) electrons. The number of hydrogen-bond donors (Lipinski definition) is 2. The van der Waals surface area contributed by atoms with Gasteiger partial charge in [0.2, 0.25) is 0 Å². The highest BCUT2D eigenvalue weighted by Gasteiger charge is 2.40. The maximum absolute atomic E-state index is 12.2. The van der Waals surface area contributed by atoms with Crippen molar-refractivity contribution in [3.8, 4) is 5.75 Å². The molecule has 0 fully saturated rings. The second-order valence-corrected chi connectivity index (χ2v) is 9.43. The normalized spacial score (nSPS) is 13.3. The first-order chi connectivity index (χ1) is 17.5. The van der Waals surface area contributed by atoms with Crippen LogP contribution in [0.2, 0.25) is 0 Å². The van der Waals surface area contributed by atoms with Crippen molar-refractivity contribution in [2.75, 3.05) is 20.8 Å². The first kappa shape index (κ1) is 29.8. The average molecular weight is 501 g/mol. The minimum atomic E-state index is -0.846. The summed E-state index contributed by atoms with van der Waals surface area (Å²) in [5.74, 6) is -1.16. The molecule has 0 spiro atoms. The van der Waals surface area contributed by atoms with Gasteiger partial charge in [-0.2, -0.15) is 0 Å². The van der Waals surface area contributed by atoms with Gasteiger partial charge in [0.05, 0.1) is 11.7 Å². The second-order valence-electron chi connectivity index (χ2n) is 9.43. The summed E-state index contributed by atoms with van der Waals surface area (Å²) < 4.78 is 17.4. The van der Waals surface area contributed by atoms with Crippen LogP contribution in [0.5, 0.6) is 5.75 Å². The number of ether oxygens (including phenoxy) is 3. The lowest BCUT2D eigenvalue weighted by Crippen LogP contribution is -2.39. The van der Waals surface area contributed by atoms with Crippen LogP contribution < -0.4 is 0 Å². The van der Waals surface area contributed by atoms with E-state index in [0.29, 0.717) is 12.0 Å². The quantitative estimate of drug-likeness (QED) is 0.136. The molecule has 0 saturated carbocycles. The summed E-state index contributed by atoms with van der Waals surface area (Å²) in [6, 6.07) is 15.9. The number of benzene rings is 2. The Morgan fingerprint density at radius 1 is 0.833 bits per heavy atom. The summed E-state index contributed by atoms with van der Waals surface area (Å²) in [6.45, 7) is 2.16. The number of aromatic hydroxyl groups is 1. The van der Waals surface area contributed by atoms with E-state index in [1.165, 1.54) is 56.4 Å². The number of phenolic OH excluding ortho intramolecular Hbond substituents is 1. The number of carbonyl (C=O) groups excluding carboxylic acids is 1. The topological polar surface area (TPSA) is 85.2 Å². The van der Waals surface area contributed by atoms with E-state index < -0.39 is 17.9 Å². The maximum atomic E-state index is 12.2. The number of aliphatic hydroxyl groups excluding tert-OH is 1. The number of carbonyl (C=O) groups is 1. The number of esters is 1. The minimum Gasteiger partial charge on any atom is -0.508 e. The van der Waals surface area contributed by atoms with Crippen molar-refractivity contribution < 1.29 is 29.2 Å². The molecule has 2 atom stereocenters. The smallest absolute Gasteiger partial charge is 0.338 e. The van der Waals surface area contributed by atoms with Crippen LogP contribution in [0.1, 0.15) is 87.1 Å². The van der Waals surface area contributed by atoms with Gasteiger partial charge in [-0.05, 0) is 43.5 Å². The molecule has 2 N–H and O–H groups in total. The van der Waals surface area contributed by atoms with E-state index in [0.717, 1.165) is 31.2 Å². The van der Waals surface area contributed by atoms with Gasteiger partial charge in [0, 0.05) is 25.7 Å². The fourth-order valence-electron chi connectivity index (χ4n) is 4.79. The third-order valence-electron chi connectivity index (χ3n) is 6.83. The molecule has 2 unspecified atom stereocenters. The van der Waals surface area contributed by atoms with Crippen molar-refractivity contribution in [1.29, 1.82) is 0 Å². The molecule has 2 aromatic carbocycles. The molecule has 0 aliphatic carbocycles. The summed E-state index contributed by atoms with van der Waals surface area (Å²) >= 11 is 0. The Kier molecular flexibility index (Phi) is 13.5. The Hall–Kier alpha value is -2.41. The second kappa shape index (κ2) is 16.4. The third-order valence-corrected chi connectivity index (χ3v) is 6.83. The van der Waals surface area contributed by atoms with Gasteiger partial charge < -0.3 is 24.4 Å². The zero-order chi connectivity index (χ0) is 26.2. The van der Waals surface area contributed by atoms with E-state index in [-0.39, 0.29) is 18.3 Å². The highest BCUT2D eigenvalue weighted by Crippen LogP contribution is 2.40. The third kappa shape index (κ3) is 9.23. The number of rotatable bonds is 18. The van der Waals surface area contributed by atoms with Crippen LogP contribution in [0.25, 0.3) is 0 Å². The Morgan fingerprint density at radius 3 is 2.08 bits per heavy atom. The predicted octanol–water partition coefficient (Wildman–Crippen LogP) is 6.59. The van der Waals surface area contributed by atoms with Gasteiger partial charge in [-0.1, -0.05) is 82.2 Å². The van der Waals surface area contributed by atoms with Crippen molar-refractivity contribution >= 4 is 5.97 Å². The summed E-state index contributed by atoms with van der Waals surface area (Å²) in [5.41, 5.74) is 1.33. The fourth-order valence-corrected chi connectivity index (χ4v) is 4.79. The van der Waals surface area contributed by atoms with E-state index in [9.17, 15) is 15.0 Å².